The second kappa shape index (κ2) is 5.70. The highest BCUT2D eigenvalue weighted by Crippen LogP contribution is 2.33. The van der Waals surface area contributed by atoms with Crippen LogP contribution in [0.25, 0.3) is 0 Å². The lowest BCUT2D eigenvalue weighted by Gasteiger charge is -2.20. The molecule has 3 rings (SSSR count). The van der Waals surface area contributed by atoms with Crippen LogP contribution in [0.5, 0.6) is 0 Å². The van der Waals surface area contributed by atoms with Crippen molar-refractivity contribution in [2.24, 2.45) is 5.10 Å². The van der Waals surface area contributed by atoms with Crippen LogP contribution in [0.4, 0.5) is 0 Å². The van der Waals surface area contributed by atoms with Gasteiger partial charge < -0.3 is 0 Å². The van der Waals surface area contributed by atoms with Crippen molar-refractivity contribution >= 4 is 23.2 Å². The van der Waals surface area contributed by atoms with Gasteiger partial charge in [0, 0.05) is 23.9 Å². The Hall–Kier alpha value is -2.13. The van der Waals surface area contributed by atoms with Crippen LogP contribution in [0.15, 0.2) is 53.6 Å². The lowest BCUT2D eigenvalue weighted by atomic mass is 9.98. The van der Waals surface area contributed by atoms with Crippen LogP contribution in [0.1, 0.15) is 30.5 Å². The van der Waals surface area contributed by atoms with Crippen molar-refractivity contribution in [1.29, 1.82) is 0 Å². The van der Waals surface area contributed by atoms with E-state index in [9.17, 15) is 4.79 Å². The van der Waals surface area contributed by atoms with E-state index in [0.717, 1.165) is 16.8 Å². The maximum Gasteiger partial charge on any atom is 0.240 e. The SMILES string of the molecule is CC(=O)N1N=C(c2ccccc2Cl)CC1c1c[c]ccc1. The molecule has 3 nitrogen and oxygen atoms in total. The molecule has 2 aromatic carbocycles. The number of nitrogens with zero attached hydrogens (tertiary/aromatic N) is 2. The largest absolute Gasteiger partial charge is 0.273 e. The van der Waals surface area contributed by atoms with Crippen molar-refractivity contribution < 1.29 is 4.79 Å². The number of hydrazone groups is 1. The van der Waals surface area contributed by atoms with Gasteiger partial charge in [-0.25, -0.2) is 5.01 Å². The monoisotopic (exact) mass is 297 g/mol. The first-order valence-electron chi connectivity index (χ1n) is 6.75. The highest BCUT2D eigenvalue weighted by atomic mass is 35.5. The van der Waals surface area contributed by atoms with Crippen molar-refractivity contribution in [1.82, 2.24) is 5.01 Å². The Morgan fingerprint density at radius 2 is 2.14 bits per heavy atom. The van der Waals surface area contributed by atoms with Gasteiger partial charge in [-0.15, -0.1) is 0 Å². The molecular formula is C17H14ClN2O. The van der Waals surface area contributed by atoms with E-state index in [1.54, 1.807) is 0 Å². The van der Waals surface area contributed by atoms with Crippen molar-refractivity contribution in [2.45, 2.75) is 19.4 Å². The van der Waals surface area contributed by atoms with Crippen LogP contribution in [0.2, 0.25) is 5.02 Å². The van der Waals surface area contributed by atoms with Gasteiger partial charge in [0.25, 0.3) is 0 Å². The quantitative estimate of drug-likeness (QED) is 0.829. The highest BCUT2D eigenvalue weighted by molar-refractivity contribution is 6.34. The molecule has 0 fully saturated rings. The number of carbonyl (C=O) groups excluding carboxylic acids is 1. The number of amides is 1. The molecule has 4 heteroatoms. The Morgan fingerprint density at radius 1 is 1.33 bits per heavy atom. The van der Waals surface area contributed by atoms with Gasteiger partial charge in [-0.2, -0.15) is 5.10 Å². The molecule has 1 unspecified atom stereocenters. The zero-order valence-corrected chi connectivity index (χ0v) is 12.3. The molecule has 21 heavy (non-hydrogen) atoms. The molecule has 0 saturated carbocycles. The molecule has 0 aromatic heterocycles. The third kappa shape index (κ3) is 2.69. The highest BCUT2D eigenvalue weighted by Gasteiger charge is 2.31. The summed E-state index contributed by atoms with van der Waals surface area (Å²) in [7, 11) is 0. The molecule has 0 saturated heterocycles. The van der Waals surface area contributed by atoms with E-state index in [4.69, 9.17) is 11.6 Å². The summed E-state index contributed by atoms with van der Waals surface area (Å²) in [5.41, 5.74) is 2.75. The third-order valence-corrected chi connectivity index (χ3v) is 3.86. The number of hydrogen-bond acceptors (Lipinski definition) is 2. The van der Waals surface area contributed by atoms with Crippen LogP contribution in [-0.2, 0) is 4.79 Å². The fraction of sp³-hybridized carbons (Fsp3) is 0.176. The predicted octanol–water partition coefficient (Wildman–Crippen LogP) is 3.84. The lowest BCUT2D eigenvalue weighted by Crippen LogP contribution is -2.24. The molecule has 1 aliphatic rings. The van der Waals surface area contributed by atoms with Gasteiger partial charge in [0.05, 0.1) is 11.8 Å². The van der Waals surface area contributed by atoms with E-state index < -0.39 is 0 Å². The molecule has 105 valence electrons. The lowest BCUT2D eigenvalue weighted by molar-refractivity contribution is -0.130. The van der Waals surface area contributed by atoms with Gasteiger partial charge in [0.2, 0.25) is 5.91 Å². The second-order valence-electron chi connectivity index (χ2n) is 4.95. The Balaban J connectivity index is 1.98. The average molecular weight is 298 g/mol. The van der Waals surface area contributed by atoms with Crippen LogP contribution in [0, 0.1) is 6.07 Å². The Kier molecular flexibility index (Phi) is 3.76. The molecule has 1 amide bonds. The number of rotatable bonds is 2. The van der Waals surface area contributed by atoms with Gasteiger partial charge in [-0.3, -0.25) is 4.79 Å². The standard InChI is InChI=1S/C17H14ClN2O/c1-12(21)20-17(13-7-3-2-4-8-13)11-16(19-20)14-9-5-6-10-15(14)18/h2-3,5-10,17H,11H2,1H3. The van der Waals surface area contributed by atoms with Crippen molar-refractivity contribution in [2.75, 3.05) is 0 Å². The molecule has 0 N–H and O–H groups in total. The summed E-state index contributed by atoms with van der Waals surface area (Å²) >= 11 is 6.23. The van der Waals surface area contributed by atoms with Crippen molar-refractivity contribution in [3.05, 3.63) is 70.7 Å². The predicted molar refractivity (Wildman–Crippen MR) is 83.1 cm³/mol. The van der Waals surface area contributed by atoms with E-state index in [0.29, 0.717) is 11.4 Å². The summed E-state index contributed by atoms with van der Waals surface area (Å²) in [6.07, 6.45) is 0.654. The van der Waals surface area contributed by atoms with E-state index in [1.807, 2.05) is 48.5 Å². The van der Waals surface area contributed by atoms with E-state index in [-0.39, 0.29) is 11.9 Å². The fourth-order valence-corrected chi connectivity index (χ4v) is 2.78. The minimum absolute atomic E-state index is 0.0779. The Labute approximate surface area is 128 Å². The zero-order chi connectivity index (χ0) is 14.8. The number of benzene rings is 2. The summed E-state index contributed by atoms with van der Waals surface area (Å²) in [5.74, 6) is -0.0779. The van der Waals surface area contributed by atoms with Gasteiger partial charge >= 0.3 is 0 Å². The first-order chi connectivity index (χ1) is 10.2. The normalized spacial score (nSPS) is 17.7. The molecule has 0 bridgehead atoms. The van der Waals surface area contributed by atoms with Crippen LogP contribution < -0.4 is 0 Å². The van der Waals surface area contributed by atoms with Gasteiger partial charge in [-0.1, -0.05) is 48.0 Å². The van der Waals surface area contributed by atoms with Crippen LogP contribution in [0.3, 0.4) is 0 Å². The second-order valence-corrected chi connectivity index (χ2v) is 5.35. The van der Waals surface area contributed by atoms with Crippen molar-refractivity contribution in [3.8, 4) is 0 Å². The first-order valence-corrected chi connectivity index (χ1v) is 7.13. The summed E-state index contributed by atoms with van der Waals surface area (Å²) < 4.78 is 0. The topological polar surface area (TPSA) is 32.7 Å². The fourth-order valence-electron chi connectivity index (χ4n) is 2.53. The molecule has 1 atom stereocenters. The molecule has 1 aliphatic heterocycles. The van der Waals surface area contributed by atoms with E-state index in [1.165, 1.54) is 11.9 Å². The van der Waals surface area contributed by atoms with Gasteiger partial charge in [0.15, 0.2) is 0 Å². The average Bonchev–Trinajstić information content (AvgIpc) is 2.94. The van der Waals surface area contributed by atoms with Crippen LogP contribution in [-0.4, -0.2) is 16.6 Å². The Bertz CT molecular complexity index is 697. The third-order valence-electron chi connectivity index (χ3n) is 3.53. The van der Waals surface area contributed by atoms with E-state index >= 15 is 0 Å². The minimum atomic E-state index is -0.0915. The van der Waals surface area contributed by atoms with Gasteiger partial charge in [0.1, 0.15) is 0 Å². The van der Waals surface area contributed by atoms with Crippen LogP contribution >= 0.6 is 11.6 Å². The van der Waals surface area contributed by atoms with Crippen molar-refractivity contribution in [3.63, 3.8) is 0 Å². The van der Waals surface area contributed by atoms with Gasteiger partial charge in [-0.05, 0) is 23.8 Å². The molecule has 0 aliphatic carbocycles. The smallest absolute Gasteiger partial charge is 0.240 e. The molecule has 0 spiro atoms. The molecule has 1 heterocycles. The summed E-state index contributed by atoms with van der Waals surface area (Å²) in [6, 6.07) is 18.2. The number of halogens is 1. The maximum atomic E-state index is 11.9. The maximum absolute atomic E-state index is 11.9. The summed E-state index contributed by atoms with van der Waals surface area (Å²) in [6.45, 7) is 1.53. The zero-order valence-electron chi connectivity index (χ0n) is 11.6. The molecular weight excluding hydrogens is 284 g/mol. The summed E-state index contributed by atoms with van der Waals surface area (Å²) in [4.78, 5) is 11.9. The first kappa shape index (κ1) is 13.8. The molecule has 1 radical (unpaired) electrons. The molecule has 2 aromatic rings. The number of carbonyl (C=O) groups is 1. The minimum Gasteiger partial charge on any atom is -0.273 e. The van der Waals surface area contributed by atoms with E-state index in [2.05, 4.69) is 11.2 Å². The number of hydrogen-bond donors (Lipinski definition) is 0. The Morgan fingerprint density at radius 3 is 2.81 bits per heavy atom. The summed E-state index contributed by atoms with van der Waals surface area (Å²) in [5, 5.41) is 6.66.